The number of anilines is 1. The van der Waals surface area contributed by atoms with E-state index in [1.807, 2.05) is 0 Å². The minimum absolute atomic E-state index is 0.0273. The number of benzene rings is 1. The van der Waals surface area contributed by atoms with Gasteiger partial charge in [0.25, 0.3) is 0 Å². The highest BCUT2D eigenvalue weighted by Gasteiger charge is 2.31. The molecule has 9 heteroatoms. The molecule has 0 spiro atoms. The minimum Gasteiger partial charge on any atom is -0.490 e. The van der Waals surface area contributed by atoms with Crippen molar-refractivity contribution < 1.29 is 17.9 Å². The Labute approximate surface area is 164 Å². The van der Waals surface area contributed by atoms with Crippen LogP contribution in [0.15, 0.2) is 18.6 Å². The van der Waals surface area contributed by atoms with Crippen LogP contribution in [0.4, 0.5) is 19.0 Å². The first-order chi connectivity index (χ1) is 14.0. The van der Waals surface area contributed by atoms with E-state index < -0.39 is 17.5 Å². The molecule has 0 saturated heterocycles. The number of aromatic nitrogens is 3. The van der Waals surface area contributed by atoms with Crippen molar-refractivity contribution in [1.82, 2.24) is 19.9 Å². The fourth-order valence-corrected chi connectivity index (χ4v) is 4.47. The highest BCUT2D eigenvalue weighted by Crippen LogP contribution is 2.38. The molecule has 1 aliphatic carbocycles. The van der Waals surface area contributed by atoms with Gasteiger partial charge in [-0.15, -0.1) is 0 Å². The summed E-state index contributed by atoms with van der Waals surface area (Å²) in [4.78, 5) is 8.04. The number of rotatable bonds is 3. The van der Waals surface area contributed by atoms with Gasteiger partial charge in [-0.3, -0.25) is 0 Å². The molecule has 5 rings (SSSR count). The van der Waals surface area contributed by atoms with Gasteiger partial charge in [0, 0.05) is 42.4 Å². The summed E-state index contributed by atoms with van der Waals surface area (Å²) in [6.45, 7) is 1.05. The topological polar surface area (TPSA) is 78.0 Å². The SMILES string of the molecule is Nc1ncnc2c1c(F)cn2C1CCC(Oc2cc(F)c(F)c3c2CNCC3)C1. The molecule has 6 nitrogen and oxygen atoms in total. The lowest BCUT2D eigenvalue weighted by Gasteiger charge is -2.24. The summed E-state index contributed by atoms with van der Waals surface area (Å²) in [7, 11) is 0. The molecule has 29 heavy (non-hydrogen) atoms. The average molecular weight is 403 g/mol. The van der Waals surface area contributed by atoms with Gasteiger partial charge in [0.2, 0.25) is 0 Å². The summed E-state index contributed by atoms with van der Waals surface area (Å²) in [5.41, 5.74) is 7.31. The third kappa shape index (κ3) is 3.00. The number of hydrogen-bond acceptors (Lipinski definition) is 5. The van der Waals surface area contributed by atoms with Gasteiger partial charge in [-0.05, 0) is 25.8 Å². The Kier molecular flexibility index (Phi) is 4.34. The van der Waals surface area contributed by atoms with Crippen molar-refractivity contribution in [3.8, 4) is 5.75 Å². The van der Waals surface area contributed by atoms with E-state index in [2.05, 4.69) is 15.3 Å². The molecule has 3 heterocycles. The lowest BCUT2D eigenvalue weighted by molar-refractivity contribution is 0.200. The number of ether oxygens (including phenoxy) is 1. The summed E-state index contributed by atoms with van der Waals surface area (Å²) < 4.78 is 50.4. The van der Waals surface area contributed by atoms with E-state index in [1.54, 1.807) is 4.57 Å². The van der Waals surface area contributed by atoms with Crippen LogP contribution in [-0.2, 0) is 13.0 Å². The van der Waals surface area contributed by atoms with E-state index in [4.69, 9.17) is 10.5 Å². The Morgan fingerprint density at radius 1 is 1.14 bits per heavy atom. The first-order valence-electron chi connectivity index (χ1n) is 9.66. The van der Waals surface area contributed by atoms with Crippen LogP contribution in [0.2, 0.25) is 0 Å². The summed E-state index contributed by atoms with van der Waals surface area (Å²) in [5.74, 6) is -1.64. The molecular weight excluding hydrogens is 383 g/mol. The van der Waals surface area contributed by atoms with Crippen LogP contribution in [0.5, 0.6) is 5.75 Å². The molecule has 2 aliphatic rings. The fourth-order valence-electron chi connectivity index (χ4n) is 4.47. The molecule has 0 amide bonds. The second-order valence-corrected chi connectivity index (χ2v) is 7.60. The predicted octanol–water partition coefficient (Wildman–Crippen LogP) is 3.25. The molecule has 152 valence electrons. The molecule has 3 aromatic rings. The first kappa shape index (κ1) is 18.2. The smallest absolute Gasteiger partial charge is 0.162 e. The zero-order valence-corrected chi connectivity index (χ0v) is 15.6. The van der Waals surface area contributed by atoms with Crippen molar-refractivity contribution in [1.29, 1.82) is 0 Å². The maximum absolute atomic E-state index is 14.3. The summed E-state index contributed by atoms with van der Waals surface area (Å²) >= 11 is 0. The van der Waals surface area contributed by atoms with Crippen molar-refractivity contribution in [2.24, 2.45) is 0 Å². The van der Waals surface area contributed by atoms with Crippen LogP contribution in [0.25, 0.3) is 11.0 Å². The van der Waals surface area contributed by atoms with E-state index in [1.165, 1.54) is 12.5 Å². The second kappa shape index (κ2) is 6.91. The van der Waals surface area contributed by atoms with Gasteiger partial charge in [0.15, 0.2) is 17.5 Å². The van der Waals surface area contributed by atoms with E-state index in [0.29, 0.717) is 54.9 Å². The standard InChI is InChI=1S/C20H20F3N5O/c21-14-6-16(13-7-25-4-3-12(13)18(14)23)29-11-2-1-10(5-11)28-8-15(22)17-19(24)26-9-27-20(17)28/h6,8-11,25H,1-5,7H2,(H2,24,26,27). The fraction of sp³-hybridized carbons (Fsp3) is 0.400. The summed E-state index contributed by atoms with van der Waals surface area (Å²) in [6.07, 6.45) is 5.03. The number of halogens is 3. The lowest BCUT2D eigenvalue weighted by atomic mass is 9.99. The molecule has 2 aromatic heterocycles. The molecule has 0 bridgehead atoms. The molecule has 1 fully saturated rings. The molecule has 1 aliphatic heterocycles. The zero-order chi connectivity index (χ0) is 20.1. The molecule has 1 aromatic carbocycles. The van der Waals surface area contributed by atoms with Crippen LogP contribution < -0.4 is 15.8 Å². The van der Waals surface area contributed by atoms with Crippen LogP contribution in [0.1, 0.15) is 36.4 Å². The highest BCUT2D eigenvalue weighted by atomic mass is 19.2. The number of nitrogens with zero attached hydrogens (tertiary/aromatic N) is 3. The Bertz CT molecular complexity index is 1100. The van der Waals surface area contributed by atoms with Crippen molar-refractivity contribution >= 4 is 16.9 Å². The number of hydrogen-bond donors (Lipinski definition) is 2. The average Bonchev–Trinajstić information content (AvgIpc) is 3.31. The molecule has 2 unspecified atom stereocenters. The van der Waals surface area contributed by atoms with Crippen molar-refractivity contribution in [3.63, 3.8) is 0 Å². The number of nitrogens with two attached hydrogens (primary N) is 1. The Hall–Kier alpha value is -2.81. The van der Waals surface area contributed by atoms with Gasteiger partial charge < -0.3 is 20.4 Å². The van der Waals surface area contributed by atoms with Gasteiger partial charge in [-0.25, -0.2) is 23.1 Å². The van der Waals surface area contributed by atoms with Crippen LogP contribution in [-0.4, -0.2) is 27.2 Å². The molecular formula is C20H20F3N5O. The maximum Gasteiger partial charge on any atom is 0.162 e. The van der Waals surface area contributed by atoms with Gasteiger partial charge in [-0.2, -0.15) is 0 Å². The van der Waals surface area contributed by atoms with Crippen LogP contribution >= 0.6 is 0 Å². The van der Waals surface area contributed by atoms with Gasteiger partial charge in [0.05, 0.1) is 5.39 Å². The number of nitrogens with one attached hydrogen (secondary N) is 1. The second-order valence-electron chi connectivity index (χ2n) is 7.60. The van der Waals surface area contributed by atoms with Gasteiger partial charge in [0.1, 0.15) is 29.6 Å². The highest BCUT2D eigenvalue weighted by molar-refractivity contribution is 5.86. The van der Waals surface area contributed by atoms with Crippen LogP contribution in [0.3, 0.4) is 0 Å². The maximum atomic E-state index is 14.3. The van der Waals surface area contributed by atoms with Crippen molar-refractivity contribution in [3.05, 3.63) is 47.2 Å². The van der Waals surface area contributed by atoms with E-state index in [9.17, 15) is 13.2 Å². The largest absolute Gasteiger partial charge is 0.490 e. The number of nitrogen functional groups attached to an aromatic ring is 1. The third-order valence-corrected chi connectivity index (χ3v) is 5.88. The van der Waals surface area contributed by atoms with Crippen LogP contribution in [0, 0.1) is 17.5 Å². The van der Waals surface area contributed by atoms with Gasteiger partial charge >= 0.3 is 0 Å². The van der Waals surface area contributed by atoms with E-state index in [-0.39, 0.29) is 23.3 Å². The minimum atomic E-state index is -0.888. The van der Waals surface area contributed by atoms with E-state index in [0.717, 1.165) is 12.5 Å². The van der Waals surface area contributed by atoms with Crippen molar-refractivity contribution in [2.75, 3.05) is 12.3 Å². The lowest BCUT2D eigenvalue weighted by Crippen LogP contribution is -2.26. The Morgan fingerprint density at radius 3 is 2.86 bits per heavy atom. The molecule has 1 saturated carbocycles. The molecule has 2 atom stereocenters. The van der Waals surface area contributed by atoms with Gasteiger partial charge in [-0.1, -0.05) is 0 Å². The Morgan fingerprint density at radius 2 is 2.00 bits per heavy atom. The van der Waals surface area contributed by atoms with E-state index >= 15 is 0 Å². The summed E-state index contributed by atoms with van der Waals surface area (Å²) in [5, 5.41) is 3.39. The zero-order valence-electron chi connectivity index (χ0n) is 15.6. The Balaban J connectivity index is 1.40. The first-order valence-corrected chi connectivity index (χ1v) is 9.66. The number of fused-ring (bicyclic) bond motifs is 2. The summed E-state index contributed by atoms with van der Waals surface area (Å²) in [6, 6.07) is 1.10. The van der Waals surface area contributed by atoms with Crippen molar-refractivity contribution in [2.45, 2.75) is 44.4 Å². The quantitative estimate of drug-likeness (QED) is 0.702. The molecule has 0 radical (unpaired) electrons. The molecule has 3 N–H and O–H groups in total. The predicted molar refractivity (Wildman–Crippen MR) is 101 cm³/mol. The monoisotopic (exact) mass is 403 g/mol. The third-order valence-electron chi connectivity index (χ3n) is 5.88. The normalized spacial score (nSPS) is 21.5.